The summed E-state index contributed by atoms with van der Waals surface area (Å²) in [6, 6.07) is 10.8. The van der Waals surface area contributed by atoms with Gasteiger partial charge in [-0.15, -0.1) is 10.2 Å². The highest BCUT2D eigenvalue weighted by molar-refractivity contribution is 5.31. The van der Waals surface area contributed by atoms with Gasteiger partial charge in [0.1, 0.15) is 11.6 Å². The van der Waals surface area contributed by atoms with E-state index >= 15 is 0 Å². The quantitative estimate of drug-likeness (QED) is 0.896. The zero-order valence-electron chi connectivity index (χ0n) is 11.7. The number of rotatable bonds is 2. The number of nitrogens with one attached hydrogen (secondary N) is 1. The highest BCUT2D eigenvalue weighted by Crippen LogP contribution is 2.31. The molecule has 0 aliphatic carbocycles. The number of aromatic nitrogens is 3. The van der Waals surface area contributed by atoms with Gasteiger partial charge < -0.3 is 9.88 Å². The molecular weight excluding hydrogens is 236 g/mol. The highest BCUT2D eigenvalue weighted by Gasteiger charge is 2.32. The van der Waals surface area contributed by atoms with Crippen molar-refractivity contribution in [1.29, 1.82) is 0 Å². The Morgan fingerprint density at radius 1 is 1.21 bits per heavy atom. The van der Waals surface area contributed by atoms with Crippen LogP contribution in [0.4, 0.5) is 0 Å². The van der Waals surface area contributed by atoms with Crippen molar-refractivity contribution >= 4 is 0 Å². The van der Waals surface area contributed by atoms with Crippen LogP contribution in [-0.4, -0.2) is 21.3 Å². The van der Waals surface area contributed by atoms with Crippen LogP contribution in [0.5, 0.6) is 0 Å². The van der Waals surface area contributed by atoms with Crippen molar-refractivity contribution < 1.29 is 0 Å². The summed E-state index contributed by atoms with van der Waals surface area (Å²) in [5.41, 5.74) is 1.15. The summed E-state index contributed by atoms with van der Waals surface area (Å²) in [7, 11) is 0. The maximum atomic E-state index is 4.47. The van der Waals surface area contributed by atoms with Crippen LogP contribution < -0.4 is 5.32 Å². The topological polar surface area (TPSA) is 42.7 Å². The summed E-state index contributed by atoms with van der Waals surface area (Å²) in [6.45, 7) is 8.49. The van der Waals surface area contributed by atoms with Gasteiger partial charge in [0.25, 0.3) is 0 Å². The van der Waals surface area contributed by atoms with Gasteiger partial charge in [0.05, 0.1) is 6.04 Å². The lowest BCUT2D eigenvalue weighted by Crippen LogP contribution is -2.35. The van der Waals surface area contributed by atoms with E-state index in [1.807, 2.05) is 6.07 Å². The second-order valence-electron chi connectivity index (χ2n) is 5.70. The van der Waals surface area contributed by atoms with Crippen LogP contribution in [-0.2, 0) is 12.0 Å². The molecule has 0 amide bonds. The van der Waals surface area contributed by atoms with Crippen molar-refractivity contribution in [2.45, 2.75) is 38.8 Å². The Morgan fingerprint density at radius 2 is 1.95 bits per heavy atom. The predicted molar refractivity (Wildman–Crippen MR) is 75.0 cm³/mol. The van der Waals surface area contributed by atoms with Crippen molar-refractivity contribution in [2.75, 3.05) is 6.54 Å². The smallest absolute Gasteiger partial charge is 0.149 e. The minimum absolute atomic E-state index is 0.121. The molecule has 1 aromatic heterocycles. The van der Waals surface area contributed by atoms with Gasteiger partial charge in [0, 0.05) is 18.5 Å². The Labute approximate surface area is 113 Å². The lowest BCUT2D eigenvalue weighted by molar-refractivity contribution is 0.414. The Bertz CT molecular complexity index is 571. The molecule has 0 radical (unpaired) electrons. The molecule has 2 heterocycles. The Hall–Kier alpha value is -1.68. The molecule has 0 bridgehead atoms. The lowest BCUT2D eigenvalue weighted by Gasteiger charge is -2.28. The van der Waals surface area contributed by atoms with E-state index in [1.165, 1.54) is 5.56 Å². The molecule has 19 heavy (non-hydrogen) atoms. The lowest BCUT2D eigenvalue weighted by atomic mass is 9.83. The van der Waals surface area contributed by atoms with E-state index in [-0.39, 0.29) is 11.5 Å². The SMILES string of the molecule is CC1NCCn2c1nnc2C(C)(C)c1ccccc1. The molecule has 4 heteroatoms. The van der Waals surface area contributed by atoms with E-state index in [9.17, 15) is 0 Å². The van der Waals surface area contributed by atoms with Gasteiger partial charge in [0.2, 0.25) is 0 Å². The summed E-state index contributed by atoms with van der Waals surface area (Å²) in [5, 5.41) is 12.3. The molecule has 2 aromatic rings. The van der Waals surface area contributed by atoms with E-state index in [0.29, 0.717) is 0 Å². The molecule has 4 nitrogen and oxygen atoms in total. The van der Waals surface area contributed by atoms with Crippen LogP contribution in [0.15, 0.2) is 30.3 Å². The Morgan fingerprint density at radius 3 is 2.68 bits per heavy atom. The Balaban J connectivity index is 2.07. The van der Waals surface area contributed by atoms with E-state index in [2.05, 4.69) is 65.1 Å². The molecule has 0 fully saturated rings. The maximum Gasteiger partial charge on any atom is 0.149 e. The molecule has 1 aliphatic heterocycles. The normalized spacial score (nSPS) is 19.2. The zero-order valence-corrected chi connectivity index (χ0v) is 11.7. The van der Waals surface area contributed by atoms with Gasteiger partial charge in [-0.3, -0.25) is 0 Å². The van der Waals surface area contributed by atoms with Crippen molar-refractivity contribution in [3.63, 3.8) is 0 Å². The number of hydrogen-bond donors (Lipinski definition) is 1. The summed E-state index contributed by atoms with van der Waals surface area (Å²) >= 11 is 0. The van der Waals surface area contributed by atoms with Crippen LogP contribution in [0.1, 0.15) is 44.0 Å². The summed E-state index contributed by atoms with van der Waals surface area (Å²) < 4.78 is 2.27. The predicted octanol–water partition coefficient (Wildman–Crippen LogP) is 2.27. The van der Waals surface area contributed by atoms with E-state index in [0.717, 1.165) is 24.7 Å². The van der Waals surface area contributed by atoms with E-state index < -0.39 is 0 Å². The first-order valence-electron chi connectivity index (χ1n) is 6.83. The van der Waals surface area contributed by atoms with Crippen LogP contribution in [0, 0.1) is 0 Å². The number of fused-ring (bicyclic) bond motifs is 1. The third-order valence-corrected chi connectivity index (χ3v) is 4.01. The molecular formula is C15H20N4. The standard InChI is InChI=1S/C15H20N4/c1-11-13-17-18-14(19(13)10-9-16-11)15(2,3)12-7-5-4-6-8-12/h4-8,11,16H,9-10H2,1-3H3. The van der Waals surface area contributed by atoms with Gasteiger partial charge >= 0.3 is 0 Å². The van der Waals surface area contributed by atoms with Crippen molar-refractivity contribution in [1.82, 2.24) is 20.1 Å². The summed E-state index contributed by atoms with van der Waals surface area (Å²) in [5.74, 6) is 2.10. The molecule has 100 valence electrons. The fourth-order valence-electron chi connectivity index (χ4n) is 2.79. The number of nitrogens with zero attached hydrogens (tertiary/aromatic N) is 3. The highest BCUT2D eigenvalue weighted by atomic mass is 15.3. The molecule has 0 saturated carbocycles. The third-order valence-electron chi connectivity index (χ3n) is 4.01. The monoisotopic (exact) mass is 256 g/mol. The minimum atomic E-state index is -0.121. The van der Waals surface area contributed by atoms with Crippen LogP contribution >= 0.6 is 0 Å². The third kappa shape index (κ3) is 1.96. The molecule has 0 spiro atoms. The van der Waals surface area contributed by atoms with E-state index in [1.54, 1.807) is 0 Å². The van der Waals surface area contributed by atoms with Crippen molar-refractivity contribution in [3.05, 3.63) is 47.5 Å². The van der Waals surface area contributed by atoms with Gasteiger partial charge in [0.15, 0.2) is 0 Å². The largest absolute Gasteiger partial charge is 0.312 e. The van der Waals surface area contributed by atoms with Crippen LogP contribution in [0.2, 0.25) is 0 Å². The number of hydrogen-bond acceptors (Lipinski definition) is 3. The van der Waals surface area contributed by atoms with E-state index in [4.69, 9.17) is 0 Å². The minimum Gasteiger partial charge on any atom is -0.312 e. The first kappa shape index (κ1) is 12.4. The number of benzene rings is 1. The molecule has 1 atom stereocenters. The van der Waals surface area contributed by atoms with Crippen LogP contribution in [0.3, 0.4) is 0 Å². The molecule has 0 saturated heterocycles. The summed E-state index contributed by atoms with van der Waals surface area (Å²) in [6.07, 6.45) is 0. The summed E-state index contributed by atoms with van der Waals surface area (Å²) in [4.78, 5) is 0. The van der Waals surface area contributed by atoms with Gasteiger partial charge in [-0.25, -0.2) is 0 Å². The molecule has 1 unspecified atom stereocenters. The fraction of sp³-hybridized carbons (Fsp3) is 0.467. The fourth-order valence-corrected chi connectivity index (χ4v) is 2.79. The molecule has 1 aromatic carbocycles. The maximum absolute atomic E-state index is 4.47. The average molecular weight is 256 g/mol. The average Bonchev–Trinajstić information content (AvgIpc) is 2.86. The van der Waals surface area contributed by atoms with Gasteiger partial charge in [-0.2, -0.15) is 0 Å². The van der Waals surface area contributed by atoms with Crippen molar-refractivity contribution in [2.24, 2.45) is 0 Å². The second kappa shape index (κ2) is 4.46. The van der Waals surface area contributed by atoms with Gasteiger partial charge in [-0.05, 0) is 26.3 Å². The van der Waals surface area contributed by atoms with Gasteiger partial charge in [-0.1, -0.05) is 30.3 Å². The van der Waals surface area contributed by atoms with Crippen molar-refractivity contribution in [3.8, 4) is 0 Å². The molecule has 1 N–H and O–H groups in total. The van der Waals surface area contributed by atoms with Crippen LogP contribution in [0.25, 0.3) is 0 Å². The molecule has 1 aliphatic rings. The Kier molecular flexibility index (Phi) is 2.90. The second-order valence-corrected chi connectivity index (χ2v) is 5.70. The first-order valence-corrected chi connectivity index (χ1v) is 6.83. The first-order chi connectivity index (χ1) is 9.10. The molecule has 3 rings (SSSR count). The zero-order chi connectivity index (χ0) is 13.5.